The number of esters is 1. The van der Waals surface area contributed by atoms with E-state index in [0.717, 1.165) is 23.2 Å². The monoisotopic (exact) mass is 569 g/mol. The molecule has 1 rings (SSSR count). The van der Waals surface area contributed by atoms with Gasteiger partial charge in [0, 0.05) is 21.0 Å². The summed E-state index contributed by atoms with van der Waals surface area (Å²) in [7, 11) is 3.34. The molecule has 0 bridgehead atoms. The van der Waals surface area contributed by atoms with Crippen LogP contribution in [0.3, 0.4) is 0 Å². The van der Waals surface area contributed by atoms with E-state index in [-0.39, 0.29) is 5.97 Å². The van der Waals surface area contributed by atoms with Crippen LogP contribution >= 0.6 is 67.8 Å². The zero-order chi connectivity index (χ0) is 12.1. The van der Waals surface area contributed by atoms with E-state index < -0.39 is 0 Å². The summed E-state index contributed by atoms with van der Waals surface area (Å²) in [4.78, 5) is 11.8. The first-order chi connectivity index (χ1) is 7.57. The molecule has 3 radical (unpaired) electrons. The van der Waals surface area contributed by atoms with Gasteiger partial charge in [0.15, 0.2) is 0 Å². The number of rotatable bonds is 4. The van der Waals surface area contributed by atoms with Crippen molar-refractivity contribution in [1.29, 1.82) is 0 Å². The Hall–Kier alpha value is 1.10. The fraction of sp³-hybridized carbons (Fsp3) is 0.300. The predicted octanol–water partition coefficient (Wildman–Crippen LogP) is 3.63. The molecule has 0 heterocycles. The fourth-order valence-corrected chi connectivity index (χ4v) is 3.27. The van der Waals surface area contributed by atoms with Crippen LogP contribution in [0.4, 0.5) is 0 Å². The minimum atomic E-state index is -0.237. The van der Waals surface area contributed by atoms with Crippen LogP contribution < -0.4 is 0 Å². The number of ether oxygens (including phenoxy) is 1. The van der Waals surface area contributed by atoms with Gasteiger partial charge in [-0.05, 0) is 86.3 Å². The molecular weight excluding hydrogens is 561 g/mol. The Labute approximate surface area is 139 Å². The lowest BCUT2D eigenvalue weighted by Gasteiger charge is -2.08. The second-order valence-electron chi connectivity index (χ2n) is 2.96. The Bertz CT molecular complexity index is 396. The highest BCUT2D eigenvalue weighted by atomic mass is 127. The van der Waals surface area contributed by atoms with Crippen LogP contribution in [0.5, 0.6) is 0 Å². The lowest BCUT2D eigenvalue weighted by Crippen LogP contribution is -2.09. The maximum atomic E-state index is 11.8. The van der Waals surface area contributed by atoms with Crippen molar-refractivity contribution in [3.63, 3.8) is 0 Å². The summed E-state index contributed by atoms with van der Waals surface area (Å²) >= 11 is 6.68. The standard InChI is InChI=1S/C10H8I3O2Si/c11-7-3-2-6(8(12)9(7)13)10(14)15-4-1-5-16/h2-3H,1,4-5H2. The number of benzene rings is 1. The molecule has 0 unspecified atom stereocenters. The first-order valence-electron chi connectivity index (χ1n) is 4.53. The fourth-order valence-electron chi connectivity index (χ4n) is 0.998. The zero-order valence-corrected chi connectivity index (χ0v) is 15.7. The summed E-state index contributed by atoms with van der Waals surface area (Å²) in [6, 6.07) is 4.60. The lowest BCUT2D eigenvalue weighted by molar-refractivity contribution is 0.0504. The van der Waals surface area contributed by atoms with Gasteiger partial charge in [-0.2, -0.15) is 0 Å². The van der Waals surface area contributed by atoms with Crippen LogP contribution in [0.2, 0.25) is 6.04 Å². The van der Waals surface area contributed by atoms with Crippen molar-refractivity contribution in [2.45, 2.75) is 12.5 Å². The van der Waals surface area contributed by atoms with E-state index >= 15 is 0 Å². The Kier molecular flexibility index (Phi) is 7.12. The van der Waals surface area contributed by atoms with Gasteiger partial charge in [0.25, 0.3) is 0 Å². The number of hydrogen-bond acceptors (Lipinski definition) is 2. The first kappa shape index (κ1) is 15.2. The van der Waals surface area contributed by atoms with Gasteiger partial charge in [0.05, 0.1) is 12.2 Å². The average molecular weight is 569 g/mol. The van der Waals surface area contributed by atoms with Crippen LogP contribution in [-0.4, -0.2) is 22.8 Å². The van der Waals surface area contributed by atoms with Crippen molar-refractivity contribution in [2.75, 3.05) is 6.61 Å². The molecule has 0 fully saturated rings. The Morgan fingerprint density at radius 2 is 1.94 bits per heavy atom. The van der Waals surface area contributed by atoms with Crippen molar-refractivity contribution in [3.8, 4) is 0 Å². The van der Waals surface area contributed by atoms with Gasteiger partial charge in [-0.1, -0.05) is 6.04 Å². The maximum Gasteiger partial charge on any atom is 0.339 e. The highest BCUT2D eigenvalue weighted by molar-refractivity contribution is 14.1. The van der Waals surface area contributed by atoms with Crippen molar-refractivity contribution < 1.29 is 9.53 Å². The predicted molar refractivity (Wildman–Crippen MR) is 90.1 cm³/mol. The summed E-state index contributed by atoms with van der Waals surface area (Å²) in [6.07, 6.45) is 0.834. The van der Waals surface area contributed by atoms with E-state index in [1.165, 1.54) is 0 Å². The quantitative estimate of drug-likeness (QED) is 0.182. The number of carbonyl (C=O) groups excluding carboxylic acids is 1. The largest absolute Gasteiger partial charge is 0.462 e. The first-order valence-corrected chi connectivity index (χ1v) is 8.47. The summed E-state index contributed by atoms with van der Waals surface area (Å²) in [5.74, 6) is -0.237. The zero-order valence-electron chi connectivity index (χ0n) is 8.23. The molecule has 0 saturated heterocycles. The normalized spacial score (nSPS) is 10.2. The molecule has 1 aromatic rings. The molecule has 2 nitrogen and oxygen atoms in total. The van der Waals surface area contributed by atoms with Gasteiger partial charge in [-0.25, -0.2) is 4.79 Å². The molecule has 85 valence electrons. The minimum Gasteiger partial charge on any atom is -0.462 e. The van der Waals surface area contributed by atoms with E-state index in [1.54, 1.807) is 0 Å². The molecule has 0 amide bonds. The van der Waals surface area contributed by atoms with Gasteiger partial charge >= 0.3 is 5.97 Å². The van der Waals surface area contributed by atoms with Crippen molar-refractivity contribution in [1.82, 2.24) is 0 Å². The van der Waals surface area contributed by atoms with Gasteiger partial charge in [-0.15, -0.1) is 0 Å². The van der Waals surface area contributed by atoms with E-state index in [2.05, 4.69) is 78.0 Å². The van der Waals surface area contributed by atoms with Crippen molar-refractivity contribution >= 4 is 84.0 Å². The second kappa shape index (κ2) is 7.51. The van der Waals surface area contributed by atoms with E-state index in [0.29, 0.717) is 12.2 Å². The molecule has 0 N–H and O–H groups in total. The molecule has 0 saturated carbocycles. The second-order valence-corrected chi connectivity index (χ2v) is 6.78. The minimum absolute atomic E-state index is 0.237. The van der Waals surface area contributed by atoms with Crippen molar-refractivity contribution in [3.05, 3.63) is 28.4 Å². The molecule has 0 aliphatic rings. The molecule has 0 aromatic heterocycles. The highest BCUT2D eigenvalue weighted by Gasteiger charge is 2.14. The van der Waals surface area contributed by atoms with Gasteiger partial charge in [-0.3, -0.25) is 0 Å². The third-order valence-corrected chi connectivity index (χ3v) is 7.37. The SMILES string of the molecule is O=C(OCCC[Si])c1ccc(I)c(I)c1I. The summed E-state index contributed by atoms with van der Waals surface area (Å²) < 4.78 is 8.39. The Balaban J connectivity index is 2.80. The Morgan fingerprint density at radius 1 is 1.25 bits per heavy atom. The van der Waals surface area contributed by atoms with Crippen LogP contribution in [-0.2, 0) is 4.74 Å². The number of hydrogen-bond donors (Lipinski definition) is 0. The maximum absolute atomic E-state index is 11.8. The summed E-state index contributed by atoms with van der Waals surface area (Å²) in [6.45, 7) is 0.459. The molecule has 1 aromatic carbocycles. The summed E-state index contributed by atoms with van der Waals surface area (Å²) in [5.41, 5.74) is 0.652. The molecule has 0 aliphatic carbocycles. The van der Waals surface area contributed by atoms with Crippen LogP contribution in [0.1, 0.15) is 16.8 Å². The number of carbonyl (C=O) groups is 1. The molecule has 0 atom stereocenters. The van der Waals surface area contributed by atoms with Crippen LogP contribution in [0.25, 0.3) is 0 Å². The Morgan fingerprint density at radius 3 is 2.56 bits per heavy atom. The molecule has 0 spiro atoms. The topological polar surface area (TPSA) is 26.3 Å². The van der Waals surface area contributed by atoms with Crippen molar-refractivity contribution in [2.24, 2.45) is 0 Å². The number of halogens is 3. The third kappa shape index (κ3) is 4.09. The van der Waals surface area contributed by atoms with E-state index in [9.17, 15) is 4.79 Å². The van der Waals surface area contributed by atoms with Gasteiger partial charge in [0.1, 0.15) is 0 Å². The average Bonchev–Trinajstić information content (AvgIpc) is 2.26. The molecule has 16 heavy (non-hydrogen) atoms. The lowest BCUT2D eigenvalue weighted by atomic mass is 10.2. The van der Waals surface area contributed by atoms with E-state index in [1.807, 2.05) is 12.1 Å². The molecule has 6 heteroatoms. The molecule has 0 aliphatic heterocycles. The van der Waals surface area contributed by atoms with Gasteiger partial charge < -0.3 is 4.74 Å². The smallest absolute Gasteiger partial charge is 0.339 e. The highest BCUT2D eigenvalue weighted by Crippen LogP contribution is 2.25. The van der Waals surface area contributed by atoms with E-state index in [4.69, 9.17) is 4.74 Å². The third-order valence-electron chi connectivity index (χ3n) is 1.81. The summed E-state index contributed by atoms with van der Waals surface area (Å²) in [5, 5.41) is 0. The van der Waals surface area contributed by atoms with Gasteiger partial charge in [0.2, 0.25) is 0 Å². The van der Waals surface area contributed by atoms with Crippen LogP contribution in [0.15, 0.2) is 12.1 Å². The molecular formula is C10H8I3O2Si. The van der Waals surface area contributed by atoms with Crippen LogP contribution in [0, 0.1) is 10.7 Å².